The summed E-state index contributed by atoms with van der Waals surface area (Å²) >= 11 is 0. The van der Waals surface area contributed by atoms with E-state index in [0.717, 1.165) is 17.3 Å². The van der Waals surface area contributed by atoms with Crippen LogP contribution in [0.3, 0.4) is 0 Å². The van der Waals surface area contributed by atoms with Crippen LogP contribution in [0.25, 0.3) is 0 Å². The number of benzene rings is 2. The van der Waals surface area contributed by atoms with Gasteiger partial charge in [0, 0.05) is 12.7 Å². The summed E-state index contributed by atoms with van der Waals surface area (Å²) in [7, 11) is 0. The molecule has 2 N–H and O–H groups in total. The van der Waals surface area contributed by atoms with E-state index in [2.05, 4.69) is 15.3 Å². The molecule has 9 heteroatoms. The molecule has 2 heterocycles. The number of esters is 1. The van der Waals surface area contributed by atoms with Crippen molar-refractivity contribution in [3.8, 4) is 0 Å². The van der Waals surface area contributed by atoms with Gasteiger partial charge in [0.05, 0.1) is 12.5 Å². The van der Waals surface area contributed by atoms with Crippen LogP contribution in [-0.2, 0) is 9.53 Å². The number of hydrogen-bond acceptors (Lipinski definition) is 6. The van der Waals surface area contributed by atoms with E-state index in [4.69, 9.17) is 4.74 Å². The number of amides is 2. The Bertz CT molecular complexity index is 1140. The van der Waals surface area contributed by atoms with Gasteiger partial charge in [0.1, 0.15) is 5.56 Å². The molecule has 0 unspecified atom stereocenters. The van der Waals surface area contributed by atoms with Crippen LogP contribution in [0.4, 0.5) is 0 Å². The number of carbonyl (C=O) groups excluding carboxylic acids is 3. The molecule has 162 valence electrons. The Morgan fingerprint density at radius 1 is 1.00 bits per heavy atom. The molecule has 0 saturated carbocycles. The first-order valence-electron chi connectivity index (χ1n) is 9.98. The number of rotatable bonds is 5. The zero-order valence-electron chi connectivity index (χ0n) is 17.0. The molecule has 2 amide bonds. The van der Waals surface area contributed by atoms with Crippen LogP contribution in [0, 0.1) is 0 Å². The zero-order chi connectivity index (χ0) is 22.5. The molecule has 9 nitrogen and oxygen atoms in total. The summed E-state index contributed by atoms with van der Waals surface area (Å²) in [5.41, 5.74) is 0.740. The first-order valence-corrected chi connectivity index (χ1v) is 9.98. The first-order chi connectivity index (χ1) is 15.5. The molecule has 1 aliphatic rings. The van der Waals surface area contributed by atoms with E-state index >= 15 is 0 Å². The van der Waals surface area contributed by atoms with Crippen molar-refractivity contribution in [3.05, 3.63) is 99.7 Å². The standard InChI is InChI=1S/C23H20N4O5/c28-18-11-12-27(14-32-18)23(31)20-24-13-17(22(30)26-20)21(29)25-19(15-7-3-1-4-8-15)16-9-5-2-6-10-16/h1-10,13,19H,11-12,14H2,(H,25,29)(H,24,26,30). The van der Waals surface area contributed by atoms with E-state index in [-0.39, 0.29) is 31.1 Å². The molecule has 0 atom stereocenters. The number of H-pyrrole nitrogens is 1. The second kappa shape index (κ2) is 9.25. The molecule has 32 heavy (non-hydrogen) atoms. The molecule has 2 aromatic carbocycles. The minimum atomic E-state index is -0.741. The maximum absolute atomic E-state index is 12.9. The molecule has 0 radical (unpaired) electrons. The van der Waals surface area contributed by atoms with Crippen LogP contribution in [0.5, 0.6) is 0 Å². The fourth-order valence-corrected chi connectivity index (χ4v) is 3.35. The second-order valence-corrected chi connectivity index (χ2v) is 7.17. The molecule has 3 aromatic rings. The molecule has 1 aliphatic heterocycles. The van der Waals surface area contributed by atoms with Gasteiger partial charge in [-0.05, 0) is 11.1 Å². The molecular formula is C23H20N4O5. The summed E-state index contributed by atoms with van der Waals surface area (Å²) in [5, 5.41) is 2.87. The largest absolute Gasteiger partial charge is 0.444 e. The smallest absolute Gasteiger partial charge is 0.309 e. The summed E-state index contributed by atoms with van der Waals surface area (Å²) < 4.78 is 4.84. The highest BCUT2D eigenvalue weighted by Crippen LogP contribution is 2.22. The van der Waals surface area contributed by atoms with E-state index in [1.807, 2.05) is 60.7 Å². The maximum Gasteiger partial charge on any atom is 0.309 e. The highest BCUT2D eigenvalue weighted by molar-refractivity contribution is 5.95. The minimum Gasteiger partial charge on any atom is -0.444 e. The molecular weight excluding hydrogens is 412 g/mol. The lowest BCUT2D eigenvalue weighted by atomic mass is 9.98. The van der Waals surface area contributed by atoms with Crippen molar-refractivity contribution in [2.75, 3.05) is 13.3 Å². The lowest BCUT2D eigenvalue weighted by molar-refractivity contribution is -0.152. The van der Waals surface area contributed by atoms with Gasteiger partial charge >= 0.3 is 5.97 Å². The number of ether oxygens (including phenoxy) is 1. The van der Waals surface area contributed by atoms with Crippen molar-refractivity contribution in [2.45, 2.75) is 12.5 Å². The van der Waals surface area contributed by atoms with Gasteiger partial charge in [-0.15, -0.1) is 0 Å². The molecule has 1 saturated heterocycles. The van der Waals surface area contributed by atoms with Gasteiger partial charge in [0.2, 0.25) is 0 Å². The van der Waals surface area contributed by atoms with Crippen molar-refractivity contribution in [3.63, 3.8) is 0 Å². The van der Waals surface area contributed by atoms with Gasteiger partial charge in [-0.2, -0.15) is 0 Å². The van der Waals surface area contributed by atoms with Gasteiger partial charge < -0.3 is 19.9 Å². The van der Waals surface area contributed by atoms with Crippen LogP contribution in [-0.4, -0.2) is 45.9 Å². The number of hydrogen-bond donors (Lipinski definition) is 2. The van der Waals surface area contributed by atoms with E-state index < -0.39 is 29.4 Å². The van der Waals surface area contributed by atoms with Gasteiger partial charge in [0.15, 0.2) is 12.6 Å². The maximum atomic E-state index is 12.9. The van der Waals surface area contributed by atoms with Crippen LogP contribution >= 0.6 is 0 Å². The second-order valence-electron chi connectivity index (χ2n) is 7.17. The molecule has 1 aromatic heterocycles. The van der Waals surface area contributed by atoms with Gasteiger partial charge in [-0.25, -0.2) is 4.98 Å². The normalized spacial score (nSPS) is 13.5. The van der Waals surface area contributed by atoms with Crippen molar-refractivity contribution < 1.29 is 19.1 Å². The third-order valence-electron chi connectivity index (χ3n) is 5.04. The van der Waals surface area contributed by atoms with Crippen LogP contribution in [0.1, 0.15) is 44.6 Å². The first kappa shape index (κ1) is 21.0. The Hall–Kier alpha value is -4.27. The third kappa shape index (κ3) is 4.56. The Morgan fingerprint density at radius 3 is 2.16 bits per heavy atom. The summed E-state index contributed by atoms with van der Waals surface area (Å²) in [6.45, 7) is -0.0428. The Labute approximate surface area is 183 Å². The zero-order valence-corrected chi connectivity index (χ0v) is 17.0. The van der Waals surface area contributed by atoms with Crippen molar-refractivity contribution in [1.82, 2.24) is 20.2 Å². The summed E-state index contributed by atoms with van der Waals surface area (Å²) in [4.78, 5) is 56.7. The fraction of sp³-hybridized carbons (Fsp3) is 0.174. The average Bonchev–Trinajstić information content (AvgIpc) is 2.83. The number of nitrogens with zero attached hydrogens (tertiary/aromatic N) is 2. The molecule has 1 fully saturated rings. The number of cyclic esters (lactones) is 1. The fourth-order valence-electron chi connectivity index (χ4n) is 3.35. The number of aromatic amines is 1. The number of nitrogens with one attached hydrogen (secondary N) is 2. The summed E-state index contributed by atoms with van der Waals surface area (Å²) in [5.74, 6) is -1.84. The van der Waals surface area contributed by atoms with Crippen LogP contribution < -0.4 is 10.9 Å². The highest BCUT2D eigenvalue weighted by atomic mass is 16.5. The number of carbonyl (C=O) groups is 3. The van der Waals surface area contributed by atoms with Crippen molar-refractivity contribution in [1.29, 1.82) is 0 Å². The van der Waals surface area contributed by atoms with Gasteiger partial charge in [-0.1, -0.05) is 60.7 Å². The SMILES string of the molecule is O=C1CCN(C(=O)c2ncc(C(=O)NC(c3ccccc3)c3ccccc3)c(=O)[nH]2)CO1. The lowest BCUT2D eigenvalue weighted by Crippen LogP contribution is -2.42. The Balaban J connectivity index is 1.55. The molecule has 0 aliphatic carbocycles. The van der Waals surface area contributed by atoms with E-state index in [1.165, 1.54) is 4.90 Å². The topological polar surface area (TPSA) is 121 Å². The van der Waals surface area contributed by atoms with Gasteiger partial charge in [0.25, 0.3) is 17.4 Å². The Kier molecular flexibility index (Phi) is 6.07. The van der Waals surface area contributed by atoms with Crippen molar-refractivity contribution >= 4 is 17.8 Å². The molecule has 0 spiro atoms. The molecule has 0 bridgehead atoms. The van der Waals surface area contributed by atoms with Crippen molar-refractivity contribution in [2.24, 2.45) is 0 Å². The molecule has 4 rings (SSSR count). The van der Waals surface area contributed by atoms with E-state index in [1.54, 1.807) is 0 Å². The third-order valence-corrected chi connectivity index (χ3v) is 5.04. The van der Waals surface area contributed by atoms with E-state index in [9.17, 15) is 19.2 Å². The highest BCUT2D eigenvalue weighted by Gasteiger charge is 2.26. The predicted molar refractivity (Wildman–Crippen MR) is 114 cm³/mol. The van der Waals surface area contributed by atoms with Gasteiger partial charge in [-0.3, -0.25) is 19.2 Å². The summed E-state index contributed by atoms with van der Waals surface area (Å²) in [6.07, 6.45) is 1.14. The van der Waals surface area contributed by atoms with Crippen LogP contribution in [0.15, 0.2) is 71.7 Å². The van der Waals surface area contributed by atoms with E-state index in [0.29, 0.717) is 0 Å². The Morgan fingerprint density at radius 2 is 1.62 bits per heavy atom. The minimum absolute atomic E-state index is 0.0663. The quantitative estimate of drug-likeness (QED) is 0.591. The monoisotopic (exact) mass is 432 g/mol. The lowest BCUT2D eigenvalue weighted by Gasteiger charge is -2.25. The summed E-state index contributed by atoms with van der Waals surface area (Å²) in [6, 6.07) is 18.3. The average molecular weight is 432 g/mol. The van der Waals surface area contributed by atoms with Crippen LogP contribution in [0.2, 0.25) is 0 Å². The number of aromatic nitrogens is 2. The predicted octanol–water partition coefficient (Wildman–Crippen LogP) is 1.64.